The molecule has 24 heavy (non-hydrogen) atoms. The molecule has 3 aliphatic rings. The van der Waals surface area contributed by atoms with E-state index in [2.05, 4.69) is 15.2 Å². The molecular formula is C17H25N3O3S. The smallest absolute Gasteiger partial charge is 0.407 e. The van der Waals surface area contributed by atoms with E-state index in [1.54, 1.807) is 11.3 Å². The molecule has 0 radical (unpaired) electrons. The molecule has 132 valence electrons. The average Bonchev–Trinajstić information content (AvgIpc) is 3.15. The van der Waals surface area contributed by atoms with E-state index in [9.17, 15) is 4.79 Å². The van der Waals surface area contributed by atoms with Crippen LogP contribution in [-0.4, -0.2) is 49.5 Å². The van der Waals surface area contributed by atoms with Gasteiger partial charge in [-0.2, -0.15) is 0 Å². The van der Waals surface area contributed by atoms with Crippen molar-refractivity contribution in [2.45, 2.75) is 50.7 Å². The Morgan fingerprint density at radius 1 is 1.29 bits per heavy atom. The minimum absolute atomic E-state index is 0.0203. The van der Waals surface area contributed by atoms with Gasteiger partial charge in [0.15, 0.2) is 5.13 Å². The monoisotopic (exact) mass is 351 g/mol. The van der Waals surface area contributed by atoms with Crippen molar-refractivity contribution in [2.24, 2.45) is 5.41 Å². The molecule has 0 aromatic carbocycles. The van der Waals surface area contributed by atoms with E-state index in [0.29, 0.717) is 0 Å². The maximum atomic E-state index is 12.3. The number of hydrogen-bond donors (Lipinski definition) is 1. The number of amides is 1. The van der Waals surface area contributed by atoms with Gasteiger partial charge in [-0.15, -0.1) is 11.3 Å². The molecule has 1 aliphatic carbocycles. The Kier molecular flexibility index (Phi) is 4.63. The second-order valence-corrected chi connectivity index (χ2v) is 7.99. The van der Waals surface area contributed by atoms with Gasteiger partial charge < -0.3 is 19.7 Å². The molecule has 1 saturated carbocycles. The van der Waals surface area contributed by atoms with Crippen LogP contribution >= 0.6 is 11.3 Å². The van der Waals surface area contributed by atoms with Crippen LogP contribution in [0.5, 0.6) is 0 Å². The molecule has 3 heterocycles. The third kappa shape index (κ3) is 3.24. The molecule has 4 rings (SSSR count). The predicted molar refractivity (Wildman–Crippen MR) is 92.5 cm³/mol. The Morgan fingerprint density at radius 3 is 2.71 bits per heavy atom. The molecule has 1 aromatic heterocycles. The van der Waals surface area contributed by atoms with Crippen molar-refractivity contribution in [3.05, 3.63) is 11.6 Å². The number of nitrogens with one attached hydrogen (secondary N) is 1. The Hall–Kier alpha value is -1.34. The molecule has 1 N–H and O–H groups in total. The second kappa shape index (κ2) is 6.88. The second-order valence-electron chi connectivity index (χ2n) is 7.12. The number of ether oxygens (including phenoxy) is 2. The number of anilines is 1. The summed E-state index contributed by atoms with van der Waals surface area (Å²) in [5.74, 6) is 0. The van der Waals surface area contributed by atoms with Gasteiger partial charge in [-0.1, -0.05) is 0 Å². The molecule has 3 fully saturated rings. The minimum Gasteiger partial charge on any atom is -0.446 e. The Bertz CT molecular complexity index is 551. The number of rotatable bonds is 3. The highest BCUT2D eigenvalue weighted by Gasteiger charge is 2.48. The zero-order chi connectivity index (χ0) is 16.4. The Labute approximate surface area is 146 Å². The summed E-state index contributed by atoms with van der Waals surface area (Å²) >= 11 is 1.66. The summed E-state index contributed by atoms with van der Waals surface area (Å²) in [5.41, 5.74) is 0.269. The molecule has 1 amide bonds. The van der Waals surface area contributed by atoms with Gasteiger partial charge >= 0.3 is 6.09 Å². The van der Waals surface area contributed by atoms with Crippen molar-refractivity contribution in [3.63, 3.8) is 0 Å². The Morgan fingerprint density at radius 2 is 2.08 bits per heavy atom. The first kappa shape index (κ1) is 16.1. The highest BCUT2D eigenvalue weighted by Crippen LogP contribution is 2.48. The minimum atomic E-state index is -0.238. The van der Waals surface area contributed by atoms with Crippen LogP contribution in [0.4, 0.5) is 9.93 Å². The van der Waals surface area contributed by atoms with Crippen molar-refractivity contribution >= 4 is 22.6 Å². The molecule has 2 saturated heterocycles. The van der Waals surface area contributed by atoms with Gasteiger partial charge in [0.1, 0.15) is 6.10 Å². The number of carbonyl (C=O) groups excluding carboxylic acids is 1. The number of aromatic nitrogens is 1. The highest BCUT2D eigenvalue weighted by atomic mass is 32.1. The zero-order valence-electron chi connectivity index (χ0n) is 13.9. The van der Waals surface area contributed by atoms with Gasteiger partial charge in [-0.3, -0.25) is 0 Å². The summed E-state index contributed by atoms with van der Waals surface area (Å²) in [6, 6.07) is 0.268. The summed E-state index contributed by atoms with van der Waals surface area (Å²) in [7, 11) is 0. The van der Waals surface area contributed by atoms with Gasteiger partial charge in [-0.25, -0.2) is 9.78 Å². The summed E-state index contributed by atoms with van der Waals surface area (Å²) in [6.45, 7) is 3.44. The standard InChI is InChI=1S/C17H25N3O3S/c21-16(19-14-1-4-17(14)5-10-22-11-6-17)23-13-2-8-20(9-3-13)15-18-7-12-24-15/h7,12-14H,1-6,8-11H2,(H,19,21). The maximum absolute atomic E-state index is 12.3. The van der Waals surface area contributed by atoms with Gasteiger partial charge in [0.25, 0.3) is 0 Å². The normalized spacial score (nSPS) is 26.8. The largest absolute Gasteiger partial charge is 0.446 e. The Balaban J connectivity index is 1.22. The van der Waals surface area contributed by atoms with E-state index >= 15 is 0 Å². The lowest BCUT2D eigenvalue weighted by Gasteiger charge is -2.51. The van der Waals surface area contributed by atoms with Crippen LogP contribution in [0.1, 0.15) is 38.5 Å². The fourth-order valence-corrected chi connectivity index (χ4v) is 4.86. The van der Waals surface area contributed by atoms with Gasteiger partial charge in [-0.05, 0) is 31.1 Å². The lowest BCUT2D eigenvalue weighted by Crippen LogP contribution is -2.57. The quantitative estimate of drug-likeness (QED) is 0.907. The first-order chi connectivity index (χ1) is 11.8. The molecule has 1 atom stereocenters. The molecule has 1 aromatic rings. The van der Waals surface area contributed by atoms with Gasteiger partial charge in [0.2, 0.25) is 0 Å². The summed E-state index contributed by atoms with van der Waals surface area (Å²) in [6.07, 6.45) is 7.75. The summed E-state index contributed by atoms with van der Waals surface area (Å²) in [4.78, 5) is 18.9. The molecule has 6 nitrogen and oxygen atoms in total. The van der Waals surface area contributed by atoms with E-state index in [-0.39, 0.29) is 23.7 Å². The zero-order valence-corrected chi connectivity index (χ0v) is 14.7. The number of piperidine rings is 1. The van der Waals surface area contributed by atoms with E-state index in [4.69, 9.17) is 9.47 Å². The van der Waals surface area contributed by atoms with E-state index in [1.807, 2.05) is 11.6 Å². The lowest BCUT2D eigenvalue weighted by molar-refractivity contribution is -0.0551. The lowest BCUT2D eigenvalue weighted by atomic mass is 9.60. The number of hydrogen-bond acceptors (Lipinski definition) is 6. The highest BCUT2D eigenvalue weighted by molar-refractivity contribution is 7.13. The topological polar surface area (TPSA) is 63.7 Å². The summed E-state index contributed by atoms with van der Waals surface area (Å²) in [5, 5.41) is 6.18. The van der Waals surface area contributed by atoms with Crippen LogP contribution in [0.15, 0.2) is 11.6 Å². The third-order valence-corrected chi connectivity index (χ3v) is 6.69. The SMILES string of the molecule is O=C(NC1CCC12CCOCC2)OC1CCN(c2nccs2)CC1. The van der Waals surface area contributed by atoms with Gasteiger partial charge in [0, 0.05) is 56.8 Å². The van der Waals surface area contributed by atoms with Crippen LogP contribution in [-0.2, 0) is 9.47 Å². The molecular weight excluding hydrogens is 326 g/mol. The first-order valence-corrected chi connectivity index (χ1v) is 9.82. The van der Waals surface area contributed by atoms with Crippen LogP contribution in [0.25, 0.3) is 0 Å². The fraction of sp³-hybridized carbons (Fsp3) is 0.765. The van der Waals surface area contributed by atoms with Crippen molar-refractivity contribution < 1.29 is 14.3 Å². The van der Waals surface area contributed by atoms with E-state index < -0.39 is 0 Å². The summed E-state index contributed by atoms with van der Waals surface area (Å²) < 4.78 is 11.1. The van der Waals surface area contributed by atoms with Crippen molar-refractivity contribution in [1.82, 2.24) is 10.3 Å². The van der Waals surface area contributed by atoms with Crippen molar-refractivity contribution in [3.8, 4) is 0 Å². The number of nitrogens with zero attached hydrogens (tertiary/aromatic N) is 2. The molecule has 7 heteroatoms. The van der Waals surface area contributed by atoms with E-state index in [1.165, 1.54) is 6.42 Å². The number of carbonyl (C=O) groups is 1. The molecule has 1 unspecified atom stereocenters. The predicted octanol–water partition coefficient (Wildman–Crippen LogP) is 2.80. The molecule has 1 spiro atoms. The maximum Gasteiger partial charge on any atom is 0.407 e. The van der Waals surface area contributed by atoms with Crippen LogP contribution < -0.4 is 10.2 Å². The van der Waals surface area contributed by atoms with Crippen molar-refractivity contribution in [1.29, 1.82) is 0 Å². The molecule has 0 bridgehead atoms. The van der Waals surface area contributed by atoms with Crippen LogP contribution in [0, 0.1) is 5.41 Å². The van der Waals surface area contributed by atoms with Gasteiger partial charge in [0.05, 0.1) is 0 Å². The first-order valence-electron chi connectivity index (χ1n) is 8.95. The number of thiazole rings is 1. The average molecular weight is 351 g/mol. The van der Waals surface area contributed by atoms with Crippen molar-refractivity contribution in [2.75, 3.05) is 31.2 Å². The van der Waals surface area contributed by atoms with E-state index in [0.717, 1.165) is 63.5 Å². The van der Waals surface area contributed by atoms with Crippen LogP contribution in [0.3, 0.4) is 0 Å². The third-order valence-electron chi connectivity index (χ3n) is 5.86. The molecule has 2 aliphatic heterocycles. The van der Waals surface area contributed by atoms with Crippen LogP contribution in [0.2, 0.25) is 0 Å². The number of alkyl carbamates (subject to hydrolysis) is 1. The fourth-order valence-electron chi connectivity index (χ4n) is 4.16.